The third-order valence-electron chi connectivity index (χ3n) is 2.04. The van der Waals surface area contributed by atoms with Crippen molar-refractivity contribution in [1.29, 1.82) is 0 Å². The largest absolute Gasteiger partial charge is 0.383 e. The lowest BCUT2D eigenvalue weighted by Gasteiger charge is -2.14. The van der Waals surface area contributed by atoms with Gasteiger partial charge in [0.1, 0.15) is 0 Å². The summed E-state index contributed by atoms with van der Waals surface area (Å²) in [6.45, 7) is 3.76. The Kier molecular flexibility index (Phi) is 5.57. The smallest absolute Gasteiger partial charge is 0.203 e. The Morgan fingerprint density at radius 3 is 3.13 bits per heavy atom. The summed E-state index contributed by atoms with van der Waals surface area (Å²) >= 11 is 1.84. The maximum Gasteiger partial charge on any atom is 0.203 e. The number of nitrogens with one attached hydrogen (secondary N) is 1. The van der Waals surface area contributed by atoms with Crippen molar-refractivity contribution in [2.24, 2.45) is 0 Å². The van der Waals surface area contributed by atoms with Crippen LogP contribution in [-0.4, -0.2) is 41.3 Å². The molecule has 4 nitrogen and oxygen atoms in total. The number of nitrogens with zero attached hydrogens (tertiary/aromatic N) is 2. The SMILES string of the molecule is COCC(C)Nc1nccn1CCSC. The zero-order chi connectivity index (χ0) is 11.1. The van der Waals surface area contributed by atoms with Gasteiger partial charge in [-0.3, -0.25) is 0 Å². The highest BCUT2D eigenvalue weighted by Gasteiger charge is 2.06. The molecule has 1 aromatic rings. The van der Waals surface area contributed by atoms with Gasteiger partial charge < -0.3 is 14.6 Å². The van der Waals surface area contributed by atoms with E-state index < -0.39 is 0 Å². The number of imidazole rings is 1. The van der Waals surface area contributed by atoms with E-state index >= 15 is 0 Å². The van der Waals surface area contributed by atoms with Gasteiger partial charge in [0.2, 0.25) is 5.95 Å². The van der Waals surface area contributed by atoms with Gasteiger partial charge in [0.25, 0.3) is 0 Å². The first-order valence-corrected chi connectivity index (χ1v) is 6.43. The normalized spacial score (nSPS) is 12.7. The summed E-state index contributed by atoms with van der Waals surface area (Å²) < 4.78 is 7.20. The minimum Gasteiger partial charge on any atom is -0.383 e. The fraction of sp³-hybridized carbons (Fsp3) is 0.700. The minimum atomic E-state index is 0.283. The van der Waals surface area contributed by atoms with Crippen LogP contribution in [0.5, 0.6) is 0 Å². The fourth-order valence-corrected chi connectivity index (χ4v) is 1.71. The van der Waals surface area contributed by atoms with Crippen LogP contribution in [0.1, 0.15) is 6.92 Å². The lowest BCUT2D eigenvalue weighted by Crippen LogP contribution is -2.23. The molecule has 0 saturated heterocycles. The van der Waals surface area contributed by atoms with E-state index in [1.165, 1.54) is 0 Å². The van der Waals surface area contributed by atoms with Crippen molar-refractivity contribution in [3.8, 4) is 0 Å². The molecule has 1 unspecified atom stereocenters. The van der Waals surface area contributed by atoms with Crippen LogP contribution in [0.15, 0.2) is 12.4 Å². The average molecular weight is 229 g/mol. The van der Waals surface area contributed by atoms with Gasteiger partial charge in [-0.2, -0.15) is 11.8 Å². The Labute approximate surface area is 95.4 Å². The molecule has 1 aromatic heterocycles. The highest BCUT2D eigenvalue weighted by Crippen LogP contribution is 2.07. The summed E-state index contributed by atoms with van der Waals surface area (Å²) in [5.41, 5.74) is 0. The summed E-state index contributed by atoms with van der Waals surface area (Å²) in [6, 6.07) is 0.283. The number of aromatic nitrogens is 2. The summed E-state index contributed by atoms with van der Waals surface area (Å²) in [7, 11) is 1.71. The maximum absolute atomic E-state index is 5.07. The number of hydrogen-bond donors (Lipinski definition) is 1. The molecule has 0 aliphatic rings. The molecule has 0 saturated carbocycles. The molecule has 15 heavy (non-hydrogen) atoms. The summed E-state index contributed by atoms with van der Waals surface area (Å²) in [4.78, 5) is 4.28. The predicted molar refractivity (Wildman–Crippen MR) is 65.6 cm³/mol. The van der Waals surface area contributed by atoms with Crippen molar-refractivity contribution in [1.82, 2.24) is 9.55 Å². The molecule has 0 aliphatic carbocycles. The minimum absolute atomic E-state index is 0.283. The second kappa shape index (κ2) is 6.74. The quantitative estimate of drug-likeness (QED) is 0.772. The van der Waals surface area contributed by atoms with E-state index in [4.69, 9.17) is 4.74 Å². The van der Waals surface area contributed by atoms with Crippen molar-refractivity contribution in [3.63, 3.8) is 0 Å². The van der Waals surface area contributed by atoms with Crippen LogP contribution in [0.2, 0.25) is 0 Å². The number of thioether (sulfide) groups is 1. The Morgan fingerprint density at radius 1 is 1.67 bits per heavy atom. The zero-order valence-corrected chi connectivity index (χ0v) is 10.4. The molecule has 0 radical (unpaired) electrons. The third kappa shape index (κ3) is 4.13. The van der Waals surface area contributed by atoms with Crippen LogP contribution in [-0.2, 0) is 11.3 Å². The van der Waals surface area contributed by atoms with Gasteiger partial charge >= 0.3 is 0 Å². The van der Waals surface area contributed by atoms with E-state index in [9.17, 15) is 0 Å². The fourth-order valence-electron chi connectivity index (χ4n) is 1.33. The average Bonchev–Trinajstić information content (AvgIpc) is 2.63. The van der Waals surface area contributed by atoms with Crippen LogP contribution in [0.25, 0.3) is 0 Å². The van der Waals surface area contributed by atoms with E-state index in [0.717, 1.165) is 18.2 Å². The second-order valence-electron chi connectivity index (χ2n) is 3.44. The molecule has 86 valence electrons. The molecule has 0 aliphatic heterocycles. The van der Waals surface area contributed by atoms with Gasteiger partial charge in [-0.15, -0.1) is 0 Å². The maximum atomic E-state index is 5.07. The van der Waals surface area contributed by atoms with Crippen molar-refractivity contribution in [3.05, 3.63) is 12.4 Å². The molecule has 0 fully saturated rings. The summed E-state index contributed by atoms with van der Waals surface area (Å²) in [5, 5.41) is 3.32. The summed E-state index contributed by atoms with van der Waals surface area (Å²) in [5.74, 6) is 2.03. The van der Waals surface area contributed by atoms with Crippen molar-refractivity contribution in [2.45, 2.75) is 19.5 Å². The number of anilines is 1. The molecular weight excluding hydrogens is 210 g/mol. The van der Waals surface area contributed by atoms with Gasteiger partial charge in [-0.25, -0.2) is 4.98 Å². The van der Waals surface area contributed by atoms with E-state index in [2.05, 4.69) is 28.0 Å². The first-order chi connectivity index (χ1) is 7.27. The number of methoxy groups -OCH3 is 1. The first-order valence-electron chi connectivity index (χ1n) is 5.03. The second-order valence-corrected chi connectivity index (χ2v) is 4.42. The van der Waals surface area contributed by atoms with Crippen LogP contribution in [0.3, 0.4) is 0 Å². The number of aryl methyl sites for hydroxylation is 1. The molecule has 0 spiro atoms. The standard InChI is InChI=1S/C10H19N3OS/c1-9(8-14-2)12-10-11-4-5-13(10)6-7-15-3/h4-5,9H,6-8H2,1-3H3,(H,11,12). The van der Waals surface area contributed by atoms with Crippen LogP contribution in [0, 0.1) is 0 Å². The van der Waals surface area contributed by atoms with Crippen LogP contribution >= 0.6 is 11.8 Å². The van der Waals surface area contributed by atoms with Crippen molar-refractivity contribution >= 4 is 17.7 Å². The highest BCUT2D eigenvalue weighted by atomic mass is 32.2. The Morgan fingerprint density at radius 2 is 2.47 bits per heavy atom. The van der Waals surface area contributed by atoms with Gasteiger partial charge in [0.05, 0.1) is 6.61 Å². The monoisotopic (exact) mass is 229 g/mol. The topological polar surface area (TPSA) is 39.1 Å². The third-order valence-corrected chi connectivity index (χ3v) is 2.63. The Balaban J connectivity index is 2.48. The van der Waals surface area contributed by atoms with E-state index in [0.29, 0.717) is 6.61 Å². The van der Waals surface area contributed by atoms with Gasteiger partial charge in [-0.05, 0) is 13.2 Å². The van der Waals surface area contributed by atoms with Crippen molar-refractivity contribution < 1.29 is 4.74 Å². The van der Waals surface area contributed by atoms with Crippen LogP contribution in [0.4, 0.5) is 5.95 Å². The number of ether oxygens (including phenoxy) is 1. The molecule has 1 heterocycles. The molecule has 5 heteroatoms. The lowest BCUT2D eigenvalue weighted by molar-refractivity contribution is 0.190. The van der Waals surface area contributed by atoms with Gasteiger partial charge in [-0.1, -0.05) is 0 Å². The van der Waals surface area contributed by atoms with E-state index in [1.807, 2.05) is 24.2 Å². The highest BCUT2D eigenvalue weighted by molar-refractivity contribution is 7.98. The Hall–Kier alpha value is -0.680. The molecular formula is C10H19N3OS. The molecule has 1 rings (SSSR count). The van der Waals surface area contributed by atoms with Crippen LogP contribution < -0.4 is 5.32 Å². The number of rotatable bonds is 7. The van der Waals surface area contributed by atoms with Crippen molar-refractivity contribution in [2.75, 3.05) is 31.0 Å². The molecule has 1 N–H and O–H groups in total. The van der Waals surface area contributed by atoms with Gasteiger partial charge in [0.15, 0.2) is 0 Å². The first kappa shape index (κ1) is 12.4. The molecule has 1 atom stereocenters. The summed E-state index contributed by atoms with van der Waals surface area (Å²) in [6.07, 6.45) is 5.93. The Bertz CT molecular complexity index is 277. The predicted octanol–water partition coefficient (Wildman–Crippen LogP) is 1.69. The van der Waals surface area contributed by atoms with E-state index in [1.54, 1.807) is 7.11 Å². The number of hydrogen-bond acceptors (Lipinski definition) is 4. The molecule has 0 amide bonds. The molecule has 0 bridgehead atoms. The lowest BCUT2D eigenvalue weighted by atomic mass is 10.4. The van der Waals surface area contributed by atoms with Gasteiger partial charge in [0, 0.05) is 37.8 Å². The molecule has 0 aromatic carbocycles. The zero-order valence-electron chi connectivity index (χ0n) is 9.56. The van der Waals surface area contributed by atoms with E-state index in [-0.39, 0.29) is 6.04 Å².